The van der Waals surface area contributed by atoms with Crippen LogP contribution in [-0.4, -0.2) is 36.2 Å². The van der Waals surface area contributed by atoms with Crippen LogP contribution < -0.4 is 0 Å². The minimum absolute atomic E-state index is 0.390. The highest BCUT2D eigenvalue weighted by Crippen LogP contribution is 2.19. The molecule has 1 heterocycles. The van der Waals surface area contributed by atoms with Crippen LogP contribution in [-0.2, 0) is 15.9 Å². The van der Waals surface area contributed by atoms with Crippen molar-refractivity contribution in [3.8, 4) is 0 Å². The van der Waals surface area contributed by atoms with E-state index in [0.717, 1.165) is 5.69 Å². The molecule has 0 aliphatic rings. The molecule has 0 fully saturated rings. The van der Waals surface area contributed by atoms with E-state index in [9.17, 15) is 5.11 Å². The molecule has 1 aromatic heterocycles. The molecule has 1 rings (SSSR count). The van der Waals surface area contributed by atoms with Crippen molar-refractivity contribution in [1.29, 1.82) is 0 Å². The Bertz CT molecular complexity index is 296. The zero-order valence-electron chi connectivity index (χ0n) is 10.0. The summed E-state index contributed by atoms with van der Waals surface area (Å²) in [6.45, 7) is 1.76. The van der Waals surface area contributed by atoms with Gasteiger partial charge in [-0.25, -0.2) is 0 Å². The third-order valence-electron chi connectivity index (χ3n) is 2.42. The highest BCUT2D eigenvalue weighted by Gasteiger charge is 2.26. The number of aromatic nitrogens is 1. The average molecular weight is 225 g/mol. The minimum atomic E-state index is -0.884. The number of pyridine rings is 1. The van der Waals surface area contributed by atoms with E-state index >= 15 is 0 Å². The van der Waals surface area contributed by atoms with Crippen LogP contribution in [0.1, 0.15) is 19.0 Å². The maximum Gasteiger partial charge on any atom is 0.159 e. The molecule has 1 aromatic rings. The summed E-state index contributed by atoms with van der Waals surface area (Å²) >= 11 is 0. The maximum atomic E-state index is 10.2. The summed E-state index contributed by atoms with van der Waals surface area (Å²) in [6.07, 6.45) is 2.22. The van der Waals surface area contributed by atoms with Gasteiger partial charge in [-0.15, -0.1) is 0 Å². The van der Waals surface area contributed by atoms with Crippen molar-refractivity contribution in [2.75, 3.05) is 14.2 Å². The summed E-state index contributed by atoms with van der Waals surface area (Å²) in [4.78, 5) is 4.18. The smallest absolute Gasteiger partial charge is 0.159 e. The molecule has 0 aliphatic carbocycles. The fraction of sp³-hybridized carbons (Fsp3) is 0.583. The highest BCUT2D eigenvalue weighted by molar-refractivity contribution is 5.06. The zero-order chi connectivity index (χ0) is 12.0. The Labute approximate surface area is 96.2 Å². The van der Waals surface area contributed by atoms with Gasteiger partial charge in [-0.2, -0.15) is 0 Å². The summed E-state index contributed by atoms with van der Waals surface area (Å²) in [5.41, 5.74) is -0.0242. The number of ether oxygens (including phenoxy) is 2. The molecule has 0 saturated carbocycles. The van der Waals surface area contributed by atoms with Crippen LogP contribution >= 0.6 is 0 Å². The molecule has 4 heteroatoms. The van der Waals surface area contributed by atoms with E-state index in [0.29, 0.717) is 12.8 Å². The van der Waals surface area contributed by atoms with Gasteiger partial charge in [-0.3, -0.25) is 4.98 Å². The number of rotatable bonds is 6. The van der Waals surface area contributed by atoms with Gasteiger partial charge in [0.05, 0.1) is 5.60 Å². The van der Waals surface area contributed by atoms with Gasteiger partial charge in [0.15, 0.2) is 6.29 Å². The lowest BCUT2D eigenvalue weighted by Gasteiger charge is -2.26. The van der Waals surface area contributed by atoms with E-state index in [1.165, 1.54) is 0 Å². The van der Waals surface area contributed by atoms with Crippen LogP contribution in [0.15, 0.2) is 24.4 Å². The van der Waals surface area contributed by atoms with Crippen molar-refractivity contribution >= 4 is 0 Å². The van der Waals surface area contributed by atoms with Crippen LogP contribution in [0.2, 0.25) is 0 Å². The zero-order valence-corrected chi connectivity index (χ0v) is 10.0. The van der Waals surface area contributed by atoms with Gasteiger partial charge in [0, 0.05) is 39.0 Å². The Morgan fingerprint density at radius 1 is 1.38 bits per heavy atom. The van der Waals surface area contributed by atoms with Crippen LogP contribution in [0.3, 0.4) is 0 Å². The molecular formula is C12H19NO3. The second-order valence-corrected chi connectivity index (χ2v) is 4.10. The first-order valence-electron chi connectivity index (χ1n) is 5.25. The Hall–Kier alpha value is -0.970. The number of hydrogen-bond acceptors (Lipinski definition) is 4. The molecule has 1 N–H and O–H groups in total. The number of nitrogens with zero attached hydrogens (tertiary/aromatic N) is 1. The molecular weight excluding hydrogens is 206 g/mol. The van der Waals surface area contributed by atoms with E-state index in [1.807, 2.05) is 18.2 Å². The van der Waals surface area contributed by atoms with Crippen molar-refractivity contribution in [2.45, 2.75) is 31.7 Å². The molecule has 1 atom stereocenters. The van der Waals surface area contributed by atoms with Gasteiger partial charge in [-0.05, 0) is 19.1 Å². The van der Waals surface area contributed by atoms with Gasteiger partial charge in [0.1, 0.15) is 0 Å². The van der Waals surface area contributed by atoms with Crippen LogP contribution in [0, 0.1) is 0 Å². The second kappa shape index (κ2) is 5.94. The summed E-state index contributed by atoms with van der Waals surface area (Å²) in [7, 11) is 3.12. The lowest BCUT2D eigenvalue weighted by atomic mass is 9.95. The van der Waals surface area contributed by atoms with Crippen molar-refractivity contribution in [3.05, 3.63) is 30.1 Å². The van der Waals surface area contributed by atoms with E-state index in [4.69, 9.17) is 9.47 Å². The van der Waals surface area contributed by atoms with E-state index in [-0.39, 0.29) is 0 Å². The highest BCUT2D eigenvalue weighted by atomic mass is 16.7. The predicted molar refractivity (Wildman–Crippen MR) is 61.0 cm³/mol. The quantitative estimate of drug-likeness (QED) is 0.743. The van der Waals surface area contributed by atoms with Crippen LogP contribution in [0.5, 0.6) is 0 Å². The van der Waals surface area contributed by atoms with Gasteiger partial charge in [-0.1, -0.05) is 6.07 Å². The summed E-state index contributed by atoms with van der Waals surface area (Å²) in [5.74, 6) is 0. The van der Waals surface area contributed by atoms with Crippen molar-refractivity contribution in [3.63, 3.8) is 0 Å². The lowest BCUT2D eigenvalue weighted by Crippen LogP contribution is -2.34. The first-order valence-corrected chi connectivity index (χ1v) is 5.25. The Balaban J connectivity index is 2.57. The lowest BCUT2D eigenvalue weighted by molar-refractivity contribution is -0.139. The van der Waals surface area contributed by atoms with Crippen molar-refractivity contribution in [2.24, 2.45) is 0 Å². The van der Waals surface area contributed by atoms with Gasteiger partial charge >= 0.3 is 0 Å². The molecule has 0 bridgehead atoms. The Kier molecular flexibility index (Phi) is 4.86. The first kappa shape index (κ1) is 13.1. The Morgan fingerprint density at radius 3 is 2.56 bits per heavy atom. The third-order valence-corrected chi connectivity index (χ3v) is 2.42. The minimum Gasteiger partial charge on any atom is -0.390 e. The molecule has 1 unspecified atom stereocenters. The van der Waals surface area contributed by atoms with E-state index < -0.39 is 11.9 Å². The molecule has 0 radical (unpaired) electrons. The predicted octanol–water partition coefficient (Wildman–Crippen LogP) is 1.38. The van der Waals surface area contributed by atoms with E-state index in [1.54, 1.807) is 27.3 Å². The number of aliphatic hydroxyl groups is 1. The van der Waals surface area contributed by atoms with Gasteiger partial charge < -0.3 is 14.6 Å². The molecule has 0 aliphatic heterocycles. The molecule has 0 amide bonds. The van der Waals surface area contributed by atoms with Crippen LogP contribution in [0.4, 0.5) is 0 Å². The average Bonchev–Trinajstić information content (AvgIpc) is 2.26. The third kappa shape index (κ3) is 4.26. The fourth-order valence-corrected chi connectivity index (χ4v) is 1.59. The van der Waals surface area contributed by atoms with Crippen molar-refractivity contribution in [1.82, 2.24) is 4.98 Å². The molecule has 0 saturated heterocycles. The topological polar surface area (TPSA) is 51.6 Å². The van der Waals surface area contributed by atoms with Gasteiger partial charge in [0.2, 0.25) is 0 Å². The normalized spacial score (nSPS) is 15.1. The Morgan fingerprint density at radius 2 is 2.06 bits per heavy atom. The molecule has 16 heavy (non-hydrogen) atoms. The number of hydrogen-bond donors (Lipinski definition) is 1. The van der Waals surface area contributed by atoms with Crippen molar-refractivity contribution < 1.29 is 14.6 Å². The SMILES string of the molecule is COC(CC(C)(O)Cc1ccccn1)OC. The first-order chi connectivity index (χ1) is 7.57. The molecule has 90 valence electrons. The largest absolute Gasteiger partial charge is 0.390 e. The van der Waals surface area contributed by atoms with Gasteiger partial charge in [0.25, 0.3) is 0 Å². The summed E-state index contributed by atoms with van der Waals surface area (Å²) in [5, 5.41) is 10.2. The number of methoxy groups -OCH3 is 2. The van der Waals surface area contributed by atoms with Crippen LogP contribution in [0.25, 0.3) is 0 Å². The second-order valence-electron chi connectivity index (χ2n) is 4.10. The molecule has 0 spiro atoms. The molecule has 0 aromatic carbocycles. The molecule has 4 nitrogen and oxygen atoms in total. The van der Waals surface area contributed by atoms with E-state index in [2.05, 4.69) is 4.98 Å². The fourth-order valence-electron chi connectivity index (χ4n) is 1.59. The summed E-state index contributed by atoms with van der Waals surface area (Å²) < 4.78 is 10.1. The maximum absolute atomic E-state index is 10.2. The standard InChI is InChI=1S/C12H19NO3/c1-12(14,9-11(15-2)16-3)8-10-6-4-5-7-13-10/h4-7,11,14H,8-9H2,1-3H3. The monoisotopic (exact) mass is 225 g/mol. The summed E-state index contributed by atoms with van der Waals surface area (Å²) in [6, 6.07) is 5.65.